The van der Waals surface area contributed by atoms with Crippen molar-refractivity contribution >= 4 is 40.0 Å². The van der Waals surface area contributed by atoms with E-state index in [1.165, 1.54) is 40.6 Å². The molecule has 31 heavy (non-hydrogen) atoms. The highest BCUT2D eigenvalue weighted by atomic mass is 32.2. The van der Waals surface area contributed by atoms with Gasteiger partial charge in [-0.25, -0.2) is 9.78 Å². The molecule has 1 aliphatic carbocycles. The minimum Gasteiger partial charge on any atom is -0.465 e. The summed E-state index contributed by atoms with van der Waals surface area (Å²) in [5, 5.41) is 4.47. The Kier molecular flexibility index (Phi) is 7.04. The molecule has 1 aliphatic rings. The molecule has 0 aliphatic heterocycles. The number of carbonyl (C=O) groups excluding carboxylic acids is 2. The highest BCUT2D eigenvalue weighted by molar-refractivity contribution is 7.99. The van der Waals surface area contributed by atoms with Crippen molar-refractivity contribution in [1.82, 2.24) is 4.98 Å². The zero-order chi connectivity index (χ0) is 21.6. The van der Waals surface area contributed by atoms with Gasteiger partial charge in [0, 0.05) is 23.2 Å². The fraction of sp³-hybridized carbons (Fsp3) is 0.292. The van der Waals surface area contributed by atoms with E-state index < -0.39 is 0 Å². The third-order valence-corrected chi connectivity index (χ3v) is 7.51. The first-order chi connectivity index (χ1) is 15.2. The monoisotopic (exact) mass is 452 g/mol. The zero-order valence-corrected chi connectivity index (χ0v) is 18.9. The Bertz CT molecular complexity index is 1050. The van der Waals surface area contributed by atoms with Crippen LogP contribution in [0.2, 0.25) is 0 Å². The second-order valence-corrected chi connectivity index (χ2v) is 9.58. The molecule has 1 aromatic carbocycles. The van der Waals surface area contributed by atoms with Crippen molar-refractivity contribution in [3.05, 3.63) is 76.3 Å². The SMILES string of the molecule is COC(=O)c1c(NC(=O)CCSc2ccccn2)sc2c1CCC(c1ccccc1)C2. The number of ether oxygens (including phenoxy) is 1. The van der Waals surface area contributed by atoms with Gasteiger partial charge in [-0.15, -0.1) is 23.1 Å². The van der Waals surface area contributed by atoms with Gasteiger partial charge in [0.25, 0.3) is 0 Å². The second-order valence-electron chi connectivity index (χ2n) is 7.36. The number of hydrogen-bond acceptors (Lipinski definition) is 6. The van der Waals surface area contributed by atoms with Crippen LogP contribution in [0.4, 0.5) is 5.00 Å². The molecule has 2 heterocycles. The van der Waals surface area contributed by atoms with Crippen LogP contribution in [0.15, 0.2) is 59.8 Å². The summed E-state index contributed by atoms with van der Waals surface area (Å²) in [6.45, 7) is 0. The summed E-state index contributed by atoms with van der Waals surface area (Å²) in [6.07, 6.45) is 4.74. The fourth-order valence-corrected chi connectivity index (χ4v) is 6.01. The quantitative estimate of drug-likeness (QED) is 0.388. The van der Waals surface area contributed by atoms with Crippen molar-refractivity contribution in [3.8, 4) is 0 Å². The van der Waals surface area contributed by atoms with Gasteiger partial charge in [0.2, 0.25) is 5.91 Å². The number of carbonyl (C=O) groups is 2. The standard InChI is InChI=1S/C24H24N2O3S2/c1-29-24(28)22-18-11-10-17(16-7-3-2-4-8-16)15-19(18)31-23(22)26-20(27)12-14-30-21-9-5-6-13-25-21/h2-9,13,17H,10-12,14-15H2,1H3,(H,26,27). The molecule has 0 fully saturated rings. The number of anilines is 1. The minimum atomic E-state index is -0.381. The first kappa shape index (κ1) is 21.6. The van der Waals surface area contributed by atoms with Crippen molar-refractivity contribution in [1.29, 1.82) is 0 Å². The maximum absolute atomic E-state index is 12.6. The van der Waals surface area contributed by atoms with E-state index in [2.05, 4.69) is 34.6 Å². The molecule has 5 nitrogen and oxygen atoms in total. The number of thioether (sulfide) groups is 1. The van der Waals surface area contributed by atoms with Crippen LogP contribution in [0.1, 0.15) is 45.1 Å². The lowest BCUT2D eigenvalue weighted by Crippen LogP contribution is -2.16. The van der Waals surface area contributed by atoms with Crippen molar-refractivity contribution < 1.29 is 14.3 Å². The molecule has 0 spiro atoms. The molecule has 0 bridgehead atoms. The predicted octanol–water partition coefficient (Wildman–Crippen LogP) is 5.32. The Morgan fingerprint density at radius 2 is 2.00 bits per heavy atom. The van der Waals surface area contributed by atoms with Crippen LogP contribution in [0.3, 0.4) is 0 Å². The molecule has 0 saturated carbocycles. The van der Waals surface area contributed by atoms with Gasteiger partial charge in [-0.3, -0.25) is 4.79 Å². The first-order valence-corrected chi connectivity index (χ1v) is 12.1. The molecule has 1 N–H and O–H groups in total. The van der Waals surface area contributed by atoms with E-state index in [4.69, 9.17) is 4.74 Å². The number of methoxy groups -OCH3 is 1. The Labute approximate surface area is 190 Å². The van der Waals surface area contributed by atoms with Crippen molar-refractivity contribution in [2.75, 3.05) is 18.2 Å². The molecule has 1 amide bonds. The minimum absolute atomic E-state index is 0.105. The van der Waals surface area contributed by atoms with Gasteiger partial charge in [-0.1, -0.05) is 36.4 Å². The summed E-state index contributed by atoms with van der Waals surface area (Å²) >= 11 is 3.05. The maximum Gasteiger partial charge on any atom is 0.341 e. The number of rotatable bonds is 7. The van der Waals surface area contributed by atoms with Crippen LogP contribution in [0.25, 0.3) is 0 Å². The van der Waals surface area contributed by atoms with E-state index in [1.54, 1.807) is 6.20 Å². The number of aromatic nitrogens is 1. The third-order valence-electron chi connectivity index (χ3n) is 5.40. The van der Waals surface area contributed by atoms with E-state index >= 15 is 0 Å². The summed E-state index contributed by atoms with van der Waals surface area (Å²) in [6, 6.07) is 16.2. The smallest absolute Gasteiger partial charge is 0.341 e. The average molecular weight is 453 g/mol. The average Bonchev–Trinajstić information content (AvgIpc) is 3.16. The number of nitrogens with zero attached hydrogens (tertiary/aromatic N) is 1. The molecule has 0 radical (unpaired) electrons. The molecule has 1 unspecified atom stereocenters. The van der Waals surface area contributed by atoms with Crippen molar-refractivity contribution in [3.63, 3.8) is 0 Å². The van der Waals surface area contributed by atoms with E-state index in [0.29, 0.717) is 28.7 Å². The normalized spacial score (nSPS) is 15.2. The van der Waals surface area contributed by atoms with Gasteiger partial charge in [0.05, 0.1) is 17.7 Å². The third kappa shape index (κ3) is 5.17. The highest BCUT2D eigenvalue weighted by Crippen LogP contribution is 2.42. The predicted molar refractivity (Wildman–Crippen MR) is 125 cm³/mol. The molecule has 0 saturated heterocycles. The second kappa shape index (κ2) is 10.1. The largest absolute Gasteiger partial charge is 0.465 e. The topological polar surface area (TPSA) is 68.3 Å². The Hall–Kier alpha value is -2.64. The van der Waals surface area contributed by atoms with Gasteiger partial charge >= 0.3 is 5.97 Å². The number of nitrogens with one attached hydrogen (secondary N) is 1. The lowest BCUT2D eigenvalue weighted by atomic mass is 9.83. The van der Waals surface area contributed by atoms with E-state index in [-0.39, 0.29) is 11.9 Å². The Morgan fingerprint density at radius 3 is 2.74 bits per heavy atom. The van der Waals surface area contributed by atoms with Gasteiger partial charge < -0.3 is 10.1 Å². The lowest BCUT2D eigenvalue weighted by Gasteiger charge is -2.22. The van der Waals surface area contributed by atoms with Gasteiger partial charge in [-0.2, -0.15) is 0 Å². The summed E-state index contributed by atoms with van der Waals surface area (Å²) < 4.78 is 5.04. The molecule has 1 atom stereocenters. The fourth-order valence-electron chi connectivity index (χ4n) is 3.87. The van der Waals surface area contributed by atoms with Gasteiger partial charge in [-0.05, 0) is 48.4 Å². The number of esters is 1. The summed E-state index contributed by atoms with van der Waals surface area (Å²) in [5.41, 5.74) is 2.88. The van der Waals surface area contributed by atoms with Crippen LogP contribution in [0, 0.1) is 0 Å². The Balaban J connectivity index is 1.46. The molecule has 7 heteroatoms. The molecule has 4 rings (SSSR count). The van der Waals surface area contributed by atoms with Crippen LogP contribution in [-0.2, 0) is 22.4 Å². The number of amides is 1. The maximum atomic E-state index is 12.6. The Morgan fingerprint density at radius 1 is 1.19 bits per heavy atom. The molecular weight excluding hydrogens is 428 g/mol. The van der Waals surface area contributed by atoms with Gasteiger partial charge in [0.1, 0.15) is 5.00 Å². The van der Waals surface area contributed by atoms with Gasteiger partial charge in [0.15, 0.2) is 0 Å². The number of fused-ring (bicyclic) bond motifs is 1. The summed E-state index contributed by atoms with van der Waals surface area (Å²) in [7, 11) is 1.39. The number of hydrogen-bond donors (Lipinski definition) is 1. The number of thiophene rings is 1. The number of pyridine rings is 1. The van der Waals surface area contributed by atoms with Crippen LogP contribution >= 0.6 is 23.1 Å². The van der Waals surface area contributed by atoms with Crippen LogP contribution in [0.5, 0.6) is 0 Å². The first-order valence-electron chi connectivity index (χ1n) is 10.3. The molecule has 3 aromatic rings. The van der Waals surface area contributed by atoms with E-state index in [1.807, 2.05) is 24.3 Å². The zero-order valence-electron chi connectivity index (χ0n) is 17.3. The van der Waals surface area contributed by atoms with Crippen LogP contribution < -0.4 is 5.32 Å². The molecule has 160 valence electrons. The number of benzene rings is 1. The summed E-state index contributed by atoms with van der Waals surface area (Å²) in [5.74, 6) is 0.564. The molecular formula is C24H24N2O3S2. The van der Waals surface area contributed by atoms with Crippen LogP contribution in [-0.4, -0.2) is 29.7 Å². The van der Waals surface area contributed by atoms with Crippen molar-refractivity contribution in [2.45, 2.75) is 36.6 Å². The molecule has 2 aromatic heterocycles. The lowest BCUT2D eigenvalue weighted by molar-refractivity contribution is -0.115. The van der Waals surface area contributed by atoms with E-state index in [0.717, 1.165) is 29.9 Å². The van der Waals surface area contributed by atoms with E-state index in [9.17, 15) is 9.59 Å². The summed E-state index contributed by atoms with van der Waals surface area (Å²) in [4.78, 5) is 30.5. The highest BCUT2D eigenvalue weighted by Gasteiger charge is 2.30. The van der Waals surface area contributed by atoms with Crippen molar-refractivity contribution in [2.24, 2.45) is 0 Å².